The topological polar surface area (TPSA) is 50.5 Å². The number of hydrogen-bond acceptors (Lipinski definition) is 5. The third-order valence-corrected chi connectivity index (χ3v) is 6.51. The molecule has 1 N–H and O–H groups in total. The summed E-state index contributed by atoms with van der Waals surface area (Å²) >= 11 is 0. The molecule has 152 valence electrons. The minimum atomic E-state index is -0.140. The van der Waals surface area contributed by atoms with E-state index in [4.69, 9.17) is 9.26 Å². The van der Waals surface area contributed by atoms with E-state index in [0.29, 0.717) is 18.5 Å². The smallest absolute Gasteiger partial charge is 0.150 e. The van der Waals surface area contributed by atoms with Crippen LogP contribution in [0.1, 0.15) is 37.3 Å². The molecule has 0 unspecified atom stereocenters. The highest BCUT2D eigenvalue weighted by atomic mass is 19.1. The van der Waals surface area contributed by atoms with Crippen molar-refractivity contribution in [1.82, 2.24) is 15.4 Å². The van der Waals surface area contributed by atoms with Crippen LogP contribution in [0.5, 0.6) is 0 Å². The quantitative estimate of drug-likeness (QED) is 0.789. The van der Waals surface area contributed by atoms with Gasteiger partial charge in [-0.1, -0.05) is 37.2 Å². The maximum Gasteiger partial charge on any atom is 0.150 e. The van der Waals surface area contributed by atoms with Gasteiger partial charge in [0.15, 0.2) is 5.76 Å². The lowest BCUT2D eigenvalue weighted by molar-refractivity contribution is 0.0123. The van der Waals surface area contributed by atoms with Crippen molar-refractivity contribution < 1.29 is 13.7 Å². The maximum atomic E-state index is 13.8. The van der Waals surface area contributed by atoms with E-state index < -0.39 is 0 Å². The highest BCUT2D eigenvalue weighted by Gasteiger charge is 2.47. The molecule has 2 aliphatic rings. The summed E-state index contributed by atoms with van der Waals surface area (Å²) in [5, 5.41) is 7.84. The zero-order chi connectivity index (χ0) is 19.6. The van der Waals surface area contributed by atoms with Crippen LogP contribution < -0.4 is 5.32 Å². The van der Waals surface area contributed by atoms with Crippen molar-refractivity contribution in [3.63, 3.8) is 0 Å². The number of nitrogens with one attached hydrogen (secondary N) is 1. The fraction of sp³-hybridized carbons (Fsp3) is 0.591. The van der Waals surface area contributed by atoms with Gasteiger partial charge >= 0.3 is 0 Å². The summed E-state index contributed by atoms with van der Waals surface area (Å²) in [7, 11) is 0. The molecular weight excluding hydrogens is 357 g/mol. The Morgan fingerprint density at radius 2 is 2.04 bits per heavy atom. The third kappa shape index (κ3) is 4.29. The Morgan fingerprint density at radius 3 is 2.79 bits per heavy atom. The molecule has 0 bridgehead atoms. The summed E-state index contributed by atoms with van der Waals surface area (Å²) in [4.78, 5) is 2.34. The Hall–Kier alpha value is -1.76. The van der Waals surface area contributed by atoms with Gasteiger partial charge in [-0.25, -0.2) is 4.39 Å². The Morgan fingerprint density at radius 1 is 1.25 bits per heavy atom. The largest absolute Gasteiger partial charge is 0.379 e. The Bertz CT molecular complexity index is 786. The van der Waals surface area contributed by atoms with Crippen LogP contribution in [-0.2, 0) is 24.2 Å². The lowest BCUT2D eigenvalue weighted by atomic mass is 9.57. The molecule has 4 rings (SSSR count). The van der Waals surface area contributed by atoms with Gasteiger partial charge in [-0.05, 0) is 30.2 Å². The Kier molecular flexibility index (Phi) is 5.80. The summed E-state index contributed by atoms with van der Waals surface area (Å²) in [6, 6.07) is 9.46. The molecule has 2 fully saturated rings. The standard InChI is InChI=1S/C22H30FN3O2/c1-22(2)17(12-21(22)24-14-16-5-3-4-6-20(16)23)11-18-13-19(28-25-18)15-26-7-9-27-10-8-26/h3-6,13,17,21,24H,7-12,14-15H2,1-2H3/t17-,21+/m1/s1. The highest BCUT2D eigenvalue weighted by molar-refractivity contribution is 5.18. The molecule has 5 nitrogen and oxygen atoms in total. The fourth-order valence-corrected chi connectivity index (χ4v) is 4.34. The van der Waals surface area contributed by atoms with Crippen molar-refractivity contribution in [2.45, 2.75) is 45.8 Å². The maximum absolute atomic E-state index is 13.8. The second-order valence-electron chi connectivity index (χ2n) is 8.66. The average Bonchev–Trinajstić information content (AvgIpc) is 3.13. The van der Waals surface area contributed by atoms with Gasteiger partial charge in [-0.3, -0.25) is 4.90 Å². The van der Waals surface area contributed by atoms with Crippen LogP contribution in [0.25, 0.3) is 0 Å². The number of halogens is 1. The van der Waals surface area contributed by atoms with Crippen LogP contribution in [0.3, 0.4) is 0 Å². The van der Waals surface area contributed by atoms with Crippen molar-refractivity contribution in [3.8, 4) is 0 Å². The molecule has 1 aromatic heterocycles. The van der Waals surface area contributed by atoms with Gasteiger partial charge in [0.2, 0.25) is 0 Å². The number of rotatable bonds is 7. The van der Waals surface area contributed by atoms with Crippen LogP contribution in [-0.4, -0.2) is 42.4 Å². The van der Waals surface area contributed by atoms with Gasteiger partial charge < -0.3 is 14.6 Å². The van der Waals surface area contributed by atoms with E-state index in [1.807, 2.05) is 12.1 Å². The molecule has 0 amide bonds. The lowest BCUT2D eigenvalue weighted by Crippen LogP contribution is -2.57. The van der Waals surface area contributed by atoms with Crippen molar-refractivity contribution in [3.05, 3.63) is 53.2 Å². The number of ether oxygens (including phenoxy) is 1. The van der Waals surface area contributed by atoms with E-state index in [9.17, 15) is 4.39 Å². The molecule has 0 radical (unpaired) electrons. The molecule has 1 aliphatic heterocycles. The first-order valence-corrected chi connectivity index (χ1v) is 10.2. The van der Waals surface area contributed by atoms with Gasteiger partial charge in [0.1, 0.15) is 5.82 Å². The number of nitrogens with zero attached hydrogens (tertiary/aromatic N) is 2. The minimum absolute atomic E-state index is 0.140. The molecule has 1 aliphatic carbocycles. The Balaban J connectivity index is 1.27. The predicted octanol–water partition coefficient (Wildman–Crippen LogP) is 3.39. The molecule has 1 saturated heterocycles. The van der Waals surface area contributed by atoms with Gasteiger partial charge in [0, 0.05) is 37.3 Å². The fourth-order valence-electron chi connectivity index (χ4n) is 4.34. The molecular formula is C22H30FN3O2. The van der Waals surface area contributed by atoms with E-state index in [2.05, 4.69) is 35.3 Å². The SMILES string of the molecule is CC1(C)[C@H](Cc2cc(CN3CCOCC3)on2)C[C@@H]1NCc1ccccc1F. The van der Waals surface area contributed by atoms with Gasteiger partial charge in [-0.2, -0.15) is 0 Å². The third-order valence-electron chi connectivity index (χ3n) is 6.51. The lowest BCUT2D eigenvalue weighted by Gasteiger charge is -2.52. The van der Waals surface area contributed by atoms with E-state index >= 15 is 0 Å². The monoisotopic (exact) mass is 387 g/mol. The van der Waals surface area contributed by atoms with Crippen LogP contribution in [0.2, 0.25) is 0 Å². The number of morpholine rings is 1. The summed E-state index contributed by atoms with van der Waals surface area (Å²) in [5.74, 6) is 1.34. The van der Waals surface area contributed by atoms with Crippen molar-refractivity contribution in [1.29, 1.82) is 0 Å². The second kappa shape index (κ2) is 8.31. The molecule has 1 aromatic carbocycles. The van der Waals surface area contributed by atoms with Crippen LogP contribution in [0.4, 0.5) is 4.39 Å². The second-order valence-corrected chi connectivity index (χ2v) is 8.66. The summed E-state index contributed by atoms with van der Waals surface area (Å²) in [5.41, 5.74) is 1.91. The molecule has 0 spiro atoms. The molecule has 6 heteroatoms. The van der Waals surface area contributed by atoms with Gasteiger partial charge in [0.25, 0.3) is 0 Å². The number of aromatic nitrogens is 1. The highest BCUT2D eigenvalue weighted by Crippen LogP contribution is 2.47. The average molecular weight is 387 g/mol. The summed E-state index contributed by atoms with van der Waals surface area (Å²) in [6.07, 6.45) is 2.00. The van der Waals surface area contributed by atoms with E-state index in [1.165, 1.54) is 6.07 Å². The van der Waals surface area contributed by atoms with E-state index in [0.717, 1.165) is 62.7 Å². The summed E-state index contributed by atoms with van der Waals surface area (Å²) in [6.45, 7) is 9.42. The van der Waals surface area contributed by atoms with Crippen molar-refractivity contribution in [2.24, 2.45) is 11.3 Å². The normalized spacial score (nSPS) is 24.8. The van der Waals surface area contributed by atoms with Crippen molar-refractivity contribution >= 4 is 0 Å². The van der Waals surface area contributed by atoms with Gasteiger partial charge in [0.05, 0.1) is 25.5 Å². The van der Waals surface area contributed by atoms with Crippen LogP contribution in [0, 0.1) is 17.2 Å². The zero-order valence-corrected chi connectivity index (χ0v) is 16.8. The van der Waals surface area contributed by atoms with Crippen LogP contribution in [0.15, 0.2) is 34.9 Å². The molecule has 2 aromatic rings. The number of benzene rings is 1. The predicted molar refractivity (Wildman–Crippen MR) is 105 cm³/mol. The van der Waals surface area contributed by atoms with Crippen molar-refractivity contribution in [2.75, 3.05) is 26.3 Å². The van der Waals surface area contributed by atoms with Crippen LogP contribution >= 0.6 is 0 Å². The van der Waals surface area contributed by atoms with E-state index in [-0.39, 0.29) is 11.2 Å². The zero-order valence-electron chi connectivity index (χ0n) is 16.8. The Labute approximate surface area is 166 Å². The molecule has 2 atom stereocenters. The number of hydrogen-bond donors (Lipinski definition) is 1. The first kappa shape index (κ1) is 19.6. The first-order chi connectivity index (χ1) is 13.5. The molecule has 1 saturated carbocycles. The van der Waals surface area contributed by atoms with Gasteiger partial charge in [-0.15, -0.1) is 0 Å². The minimum Gasteiger partial charge on any atom is -0.379 e. The first-order valence-electron chi connectivity index (χ1n) is 10.2. The molecule has 2 heterocycles. The molecule has 28 heavy (non-hydrogen) atoms. The summed E-state index contributed by atoms with van der Waals surface area (Å²) < 4.78 is 24.8. The van der Waals surface area contributed by atoms with E-state index in [1.54, 1.807) is 6.07 Å².